The van der Waals surface area contributed by atoms with Crippen LogP contribution in [-0.4, -0.2) is 28.5 Å². The Morgan fingerprint density at radius 1 is 1.10 bits per heavy atom. The zero-order valence-corrected chi connectivity index (χ0v) is 16.6. The summed E-state index contributed by atoms with van der Waals surface area (Å²) < 4.78 is 6.21. The van der Waals surface area contributed by atoms with Crippen LogP contribution in [0, 0.1) is 0 Å². The quantitative estimate of drug-likeness (QED) is 0.510. The molecule has 3 heterocycles. The second-order valence-corrected chi connectivity index (χ2v) is 7.64. The normalized spacial score (nSPS) is 15.0. The molecule has 0 spiro atoms. The first-order valence-electron chi connectivity index (χ1n) is 10.3. The van der Waals surface area contributed by atoms with Gasteiger partial charge in [0, 0.05) is 47.9 Å². The molecule has 150 valence electrons. The number of hydrogen-bond acceptors (Lipinski definition) is 3. The van der Waals surface area contributed by atoms with E-state index in [4.69, 9.17) is 4.74 Å². The number of carbonyl (C=O) groups is 1. The van der Waals surface area contributed by atoms with E-state index < -0.39 is 0 Å². The largest absolute Gasteiger partial charge is 0.487 e. The summed E-state index contributed by atoms with van der Waals surface area (Å²) in [4.78, 5) is 19.8. The summed E-state index contributed by atoms with van der Waals surface area (Å²) in [5.41, 5.74) is 5.62. The van der Waals surface area contributed by atoms with Crippen LogP contribution in [0.5, 0.6) is 5.75 Å². The van der Waals surface area contributed by atoms with Gasteiger partial charge >= 0.3 is 0 Å². The van der Waals surface area contributed by atoms with Gasteiger partial charge in [0.1, 0.15) is 11.9 Å². The predicted molar refractivity (Wildman–Crippen MR) is 117 cm³/mol. The van der Waals surface area contributed by atoms with Gasteiger partial charge in [0.05, 0.1) is 6.54 Å². The van der Waals surface area contributed by atoms with Crippen molar-refractivity contribution in [1.82, 2.24) is 15.3 Å². The van der Waals surface area contributed by atoms with Gasteiger partial charge in [-0.1, -0.05) is 36.4 Å². The first-order chi connectivity index (χ1) is 14.8. The topological polar surface area (TPSA) is 67.0 Å². The number of aromatic amines is 1. The van der Waals surface area contributed by atoms with Crippen molar-refractivity contribution >= 4 is 16.8 Å². The number of carbonyl (C=O) groups excluding carboxylic acids is 1. The van der Waals surface area contributed by atoms with Crippen LogP contribution in [0.15, 0.2) is 73.2 Å². The highest BCUT2D eigenvalue weighted by Crippen LogP contribution is 2.38. The van der Waals surface area contributed by atoms with E-state index in [1.54, 1.807) is 12.4 Å². The molecule has 2 aromatic carbocycles. The van der Waals surface area contributed by atoms with Crippen LogP contribution in [0.2, 0.25) is 0 Å². The number of aryl methyl sites for hydroxylation is 1. The van der Waals surface area contributed by atoms with E-state index in [1.165, 1.54) is 16.5 Å². The summed E-state index contributed by atoms with van der Waals surface area (Å²) in [5.74, 6) is 0.968. The van der Waals surface area contributed by atoms with E-state index in [0.29, 0.717) is 19.4 Å². The van der Waals surface area contributed by atoms with Crippen LogP contribution in [0.3, 0.4) is 0 Å². The molecule has 1 amide bonds. The number of H-pyrrole nitrogens is 1. The molecule has 1 aliphatic rings. The molecule has 1 atom stereocenters. The zero-order chi connectivity index (χ0) is 20.3. The molecule has 0 radical (unpaired) electrons. The van der Waals surface area contributed by atoms with Crippen molar-refractivity contribution in [3.05, 3.63) is 84.3 Å². The molecule has 0 saturated carbocycles. The zero-order valence-electron chi connectivity index (χ0n) is 16.6. The molecule has 0 unspecified atom stereocenters. The Labute approximate surface area is 175 Å². The Balaban J connectivity index is 1.18. The lowest BCUT2D eigenvalue weighted by Crippen LogP contribution is -2.34. The predicted octanol–water partition coefficient (Wildman–Crippen LogP) is 4.28. The Morgan fingerprint density at radius 2 is 1.97 bits per heavy atom. The van der Waals surface area contributed by atoms with Gasteiger partial charge in [0.2, 0.25) is 5.91 Å². The number of para-hydroxylation sites is 2. The van der Waals surface area contributed by atoms with Gasteiger partial charge in [0.25, 0.3) is 0 Å². The van der Waals surface area contributed by atoms with Gasteiger partial charge in [0.15, 0.2) is 0 Å². The number of rotatable bonds is 6. The fourth-order valence-corrected chi connectivity index (χ4v) is 4.11. The van der Waals surface area contributed by atoms with Crippen molar-refractivity contribution in [1.29, 1.82) is 0 Å². The van der Waals surface area contributed by atoms with E-state index in [0.717, 1.165) is 28.8 Å². The molecular weight excluding hydrogens is 374 g/mol. The number of benzene rings is 2. The lowest BCUT2D eigenvalue weighted by Gasteiger charge is -2.13. The monoisotopic (exact) mass is 397 g/mol. The van der Waals surface area contributed by atoms with Gasteiger partial charge in [-0.3, -0.25) is 9.78 Å². The van der Waals surface area contributed by atoms with E-state index in [2.05, 4.69) is 39.6 Å². The second kappa shape index (κ2) is 8.03. The standard InChI is InChI=1S/C25H23N3O2/c29-24(9-8-19-15-27-23-7-2-1-5-21(19)23)28-16-20-14-18-4-3-6-22(25(18)30-20)17-10-12-26-13-11-17/h1-7,10-13,15,20,27H,8-9,14,16H2,(H,28,29)/t20-/m0/s1. The fraction of sp³-hybridized carbons (Fsp3) is 0.200. The molecule has 4 aromatic rings. The SMILES string of the molecule is O=C(CCc1c[nH]c2ccccc12)NC[C@@H]1Cc2cccc(-c3ccncc3)c2O1. The average Bonchev–Trinajstić information content (AvgIpc) is 3.40. The molecule has 5 nitrogen and oxygen atoms in total. The number of amides is 1. The lowest BCUT2D eigenvalue weighted by atomic mass is 10.0. The molecule has 2 aromatic heterocycles. The summed E-state index contributed by atoms with van der Waals surface area (Å²) >= 11 is 0. The van der Waals surface area contributed by atoms with E-state index in [1.807, 2.05) is 36.5 Å². The molecule has 30 heavy (non-hydrogen) atoms. The summed E-state index contributed by atoms with van der Waals surface area (Å²) in [7, 11) is 0. The van der Waals surface area contributed by atoms with Gasteiger partial charge in [-0.25, -0.2) is 0 Å². The number of nitrogens with one attached hydrogen (secondary N) is 2. The molecular formula is C25H23N3O2. The van der Waals surface area contributed by atoms with Gasteiger partial charge in [-0.05, 0) is 41.3 Å². The second-order valence-electron chi connectivity index (χ2n) is 7.64. The van der Waals surface area contributed by atoms with Crippen LogP contribution in [0.4, 0.5) is 0 Å². The van der Waals surface area contributed by atoms with Crippen LogP contribution >= 0.6 is 0 Å². The number of ether oxygens (including phenoxy) is 1. The fourth-order valence-electron chi connectivity index (χ4n) is 4.11. The Kier molecular flexibility index (Phi) is 4.93. The van der Waals surface area contributed by atoms with E-state index in [-0.39, 0.29) is 12.0 Å². The maximum absolute atomic E-state index is 12.4. The van der Waals surface area contributed by atoms with Crippen molar-refractivity contribution in [2.75, 3.05) is 6.54 Å². The number of hydrogen-bond donors (Lipinski definition) is 2. The highest BCUT2D eigenvalue weighted by atomic mass is 16.5. The summed E-state index contributed by atoms with van der Waals surface area (Å²) in [5, 5.41) is 4.23. The summed E-state index contributed by atoms with van der Waals surface area (Å²) in [6.07, 6.45) is 7.51. The van der Waals surface area contributed by atoms with Gasteiger partial charge < -0.3 is 15.0 Å². The van der Waals surface area contributed by atoms with Crippen molar-refractivity contribution in [3.63, 3.8) is 0 Å². The molecule has 1 aliphatic heterocycles. The number of pyridine rings is 1. The molecule has 2 N–H and O–H groups in total. The molecule has 5 rings (SSSR count). The van der Waals surface area contributed by atoms with Crippen molar-refractivity contribution < 1.29 is 9.53 Å². The third kappa shape index (κ3) is 3.66. The van der Waals surface area contributed by atoms with Gasteiger partial charge in [-0.15, -0.1) is 0 Å². The van der Waals surface area contributed by atoms with E-state index in [9.17, 15) is 4.79 Å². The molecule has 0 bridgehead atoms. The third-order valence-electron chi connectivity index (χ3n) is 5.64. The number of aromatic nitrogens is 2. The van der Waals surface area contributed by atoms with Gasteiger partial charge in [-0.2, -0.15) is 0 Å². The smallest absolute Gasteiger partial charge is 0.220 e. The Bertz CT molecular complexity index is 1180. The minimum absolute atomic E-state index is 0.0416. The summed E-state index contributed by atoms with van der Waals surface area (Å²) in [6, 6.07) is 18.4. The van der Waals surface area contributed by atoms with Crippen molar-refractivity contribution in [2.45, 2.75) is 25.4 Å². The van der Waals surface area contributed by atoms with Crippen LogP contribution in [0.25, 0.3) is 22.0 Å². The first-order valence-corrected chi connectivity index (χ1v) is 10.3. The minimum atomic E-state index is -0.0416. The average molecular weight is 397 g/mol. The number of nitrogens with zero attached hydrogens (tertiary/aromatic N) is 1. The van der Waals surface area contributed by atoms with Crippen LogP contribution in [-0.2, 0) is 17.6 Å². The maximum Gasteiger partial charge on any atom is 0.220 e. The van der Waals surface area contributed by atoms with Crippen LogP contribution < -0.4 is 10.1 Å². The van der Waals surface area contributed by atoms with Crippen molar-refractivity contribution in [2.24, 2.45) is 0 Å². The Morgan fingerprint density at radius 3 is 2.87 bits per heavy atom. The molecule has 0 fully saturated rings. The molecule has 0 aliphatic carbocycles. The Hall–Kier alpha value is -3.60. The van der Waals surface area contributed by atoms with E-state index >= 15 is 0 Å². The first kappa shape index (κ1) is 18.4. The van der Waals surface area contributed by atoms with Crippen molar-refractivity contribution in [3.8, 4) is 16.9 Å². The molecule has 0 saturated heterocycles. The maximum atomic E-state index is 12.4. The molecule has 5 heteroatoms. The number of fused-ring (bicyclic) bond motifs is 2. The third-order valence-corrected chi connectivity index (χ3v) is 5.64. The minimum Gasteiger partial charge on any atom is -0.487 e. The highest BCUT2D eigenvalue weighted by molar-refractivity contribution is 5.84. The highest BCUT2D eigenvalue weighted by Gasteiger charge is 2.26. The van der Waals surface area contributed by atoms with Crippen LogP contribution in [0.1, 0.15) is 17.5 Å². The summed E-state index contributed by atoms with van der Waals surface area (Å²) in [6.45, 7) is 0.511. The lowest BCUT2D eigenvalue weighted by molar-refractivity contribution is -0.121.